The highest BCUT2D eigenvalue weighted by Gasteiger charge is 2.06. The van der Waals surface area contributed by atoms with E-state index in [1.807, 2.05) is 13.0 Å². The molecule has 1 rings (SSSR count). The van der Waals surface area contributed by atoms with Crippen LogP contribution in [0.5, 0.6) is 5.75 Å². The second-order valence-corrected chi connectivity index (χ2v) is 3.34. The first-order valence-corrected chi connectivity index (χ1v) is 4.27. The van der Waals surface area contributed by atoms with Crippen molar-refractivity contribution in [1.82, 2.24) is 0 Å². The van der Waals surface area contributed by atoms with Crippen LogP contribution in [0.1, 0.15) is 15.9 Å². The molecule has 0 fully saturated rings. The second-order valence-electron chi connectivity index (χ2n) is 2.49. The standard InChI is InChI=1S/C9H9BrO2/c1-6-3-7(5-11)9(12-2)8(10)4-6/h3-5H,1-2H3. The highest BCUT2D eigenvalue weighted by Crippen LogP contribution is 2.29. The number of benzene rings is 1. The summed E-state index contributed by atoms with van der Waals surface area (Å²) >= 11 is 3.32. The highest BCUT2D eigenvalue weighted by molar-refractivity contribution is 9.10. The molecule has 0 saturated carbocycles. The Kier molecular flexibility index (Phi) is 2.87. The van der Waals surface area contributed by atoms with Crippen LogP contribution in [-0.4, -0.2) is 13.4 Å². The Balaban J connectivity index is 3.33. The van der Waals surface area contributed by atoms with E-state index in [0.29, 0.717) is 11.3 Å². The molecule has 0 N–H and O–H groups in total. The van der Waals surface area contributed by atoms with Crippen molar-refractivity contribution >= 4 is 22.2 Å². The van der Waals surface area contributed by atoms with Crippen molar-refractivity contribution in [2.24, 2.45) is 0 Å². The van der Waals surface area contributed by atoms with E-state index >= 15 is 0 Å². The number of carbonyl (C=O) groups is 1. The Labute approximate surface area is 79.7 Å². The minimum atomic E-state index is 0.573. The van der Waals surface area contributed by atoms with E-state index in [1.165, 1.54) is 0 Å². The summed E-state index contributed by atoms with van der Waals surface area (Å²) in [5, 5.41) is 0. The van der Waals surface area contributed by atoms with Gasteiger partial charge >= 0.3 is 0 Å². The molecular formula is C9H9BrO2. The molecule has 12 heavy (non-hydrogen) atoms. The van der Waals surface area contributed by atoms with E-state index in [-0.39, 0.29) is 0 Å². The fourth-order valence-electron chi connectivity index (χ4n) is 1.06. The number of methoxy groups -OCH3 is 1. The summed E-state index contributed by atoms with van der Waals surface area (Å²) in [5.41, 5.74) is 1.61. The van der Waals surface area contributed by atoms with Crippen molar-refractivity contribution in [2.45, 2.75) is 6.92 Å². The van der Waals surface area contributed by atoms with Crippen molar-refractivity contribution in [2.75, 3.05) is 7.11 Å². The lowest BCUT2D eigenvalue weighted by molar-refractivity contribution is 0.112. The van der Waals surface area contributed by atoms with Crippen LogP contribution in [-0.2, 0) is 0 Å². The Morgan fingerprint density at radius 1 is 1.50 bits per heavy atom. The molecule has 0 radical (unpaired) electrons. The molecule has 0 aliphatic rings. The number of hydrogen-bond donors (Lipinski definition) is 0. The van der Waals surface area contributed by atoms with Gasteiger partial charge in [-0.05, 0) is 40.5 Å². The van der Waals surface area contributed by atoms with Gasteiger partial charge in [0.05, 0.1) is 17.1 Å². The third-order valence-electron chi connectivity index (χ3n) is 1.55. The Hall–Kier alpha value is -0.830. The number of rotatable bonds is 2. The van der Waals surface area contributed by atoms with Gasteiger partial charge in [0.25, 0.3) is 0 Å². The van der Waals surface area contributed by atoms with E-state index in [1.54, 1.807) is 13.2 Å². The lowest BCUT2D eigenvalue weighted by Gasteiger charge is -2.06. The first kappa shape index (κ1) is 9.26. The lowest BCUT2D eigenvalue weighted by Crippen LogP contribution is -1.92. The molecule has 0 aromatic heterocycles. The number of hydrogen-bond acceptors (Lipinski definition) is 2. The van der Waals surface area contributed by atoms with Crippen LogP contribution in [0, 0.1) is 6.92 Å². The Morgan fingerprint density at radius 3 is 2.67 bits per heavy atom. The van der Waals surface area contributed by atoms with Crippen molar-refractivity contribution in [3.05, 3.63) is 27.7 Å². The molecular weight excluding hydrogens is 220 g/mol. The van der Waals surface area contributed by atoms with Gasteiger partial charge in [0.2, 0.25) is 0 Å². The van der Waals surface area contributed by atoms with Gasteiger partial charge in [0.1, 0.15) is 5.75 Å². The van der Waals surface area contributed by atoms with Gasteiger partial charge in [-0.3, -0.25) is 4.79 Å². The quantitative estimate of drug-likeness (QED) is 0.728. The summed E-state index contributed by atoms with van der Waals surface area (Å²) in [4.78, 5) is 10.6. The van der Waals surface area contributed by atoms with E-state index in [9.17, 15) is 4.79 Å². The third kappa shape index (κ3) is 1.67. The van der Waals surface area contributed by atoms with Crippen LogP contribution < -0.4 is 4.74 Å². The zero-order valence-corrected chi connectivity index (χ0v) is 8.51. The number of aryl methyl sites for hydroxylation is 1. The van der Waals surface area contributed by atoms with Gasteiger partial charge in [-0.1, -0.05) is 0 Å². The maximum absolute atomic E-state index is 10.6. The molecule has 64 valence electrons. The minimum Gasteiger partial charge on any atom is -0.495 e. The number of halogens is 1. The molecule has 0 unspecified atom stereocenters. The van der Waals surface area contributed by atoms with Gasteiger partial charge in [-0.15, -0.1) is 0 Å². The van der Waals surface area contributed by atoms with Gasteiger partial charge in [-0.25, -0.2) is 0 Å². The largest absolute Gasteiger partial charge is 0.495 e. The summed E-state index contributed by atoms with van der Waals surface area (Å²) in [5.74, 6) is 0.593. The smallest absolute Gasteiger partial charge is 0.153 e. The molecule has 2 nitrogen and oxygen atoms in total. The maximum atomic E-state index is 10.6. The predicted octanol–water partition coefficient (Wildman–Crippen LogP) is 2.58. The summed E-state index contributed by atoms with van der Waals surface area (Å²) in [6.07, 6.45) is 0.788. The lowest BCUT2D eigenvalue weighted by atomic mass is 10.1. The van der Waals surface area contributed by atoms with E-state index < -0.39 is 0 Å². The highest BCUT2D eigenvalue weighted by atomic mass is 79.9. The van der Waals surface area contributed by atoms with Crippen molar-refractivity contribution in [3.8, 4) is 5.75 Å². The Morgan fingerprint density at radius 2 is 2.17 bits per heavy atom. The molecule has 0 heterocycles. The molecule has 0 amide bonds. The zero-order chi connectivity index (χ0) is 9.14. The molecule has 0 bridgehead atoms. The molecule has 1 aromatic rings. The summed E-state index contributed by atoms with van der Waals surface area (Å²) in [7, 11) is 1.54. The van der Waals surface area contributed by atoms with Crippen molar-refractivity contribution < 1.29 is 9.53 Å². The van der Waals surface area contributed by atoms with Gasteiger partial charge < -0.3 is 4.74 Å². The van der Waals surface area contributed by atoms with E-state index in [2.05, 4.69) is 15.9 Å². The molecule has 3 heteroatoms. The minimum absolute atomic E-state index is 0.573. The first-order chi connectivity index (χ1) is 5.69. The monoisotopic (exact) mass is 228 g/mol. The van der Waals surface area contributed by atoms with Crippen molar-refractivity contribution in [1.29, 1.82) is 0 Å². The van der Waals surface area contributed by atoms with Gasteiger partial charge in [0.15, 0.2) is 6.29 Å². The van der Waals surface area contributed by atoms with Crippen LogP contribution in [0.2, 0.25) is 0 Å². The summed E-state index contributed by atoms with van der Waals surface area (Å²) in [6, 6.07) is 3.70. The summed E-state index contributed by atoms with van der Waals surface area (Å²) < 4.78 is 5.86. The first-order valence-electron chi connectivity index (χ1n) is 3.48. The van der Waals surface area contributed by atoms with Crippen LogP contribution in [0.3, 0.4) is 0 Å². The van der Waals surface area contributed by atoms with Gasteiger partial charge in [0, 0.05) is 0 Å². The van der Waals surface area contributed by atoms with Crippen molar-refractivity contribution in [3.63, 3.8) is 0 Å². The molecule has 1 aromatic carbocycles. The topological polar surface area (TPSA) is 26.3 Å². The Bertz CT molecular complexity index is 308. The third-order valence-corrected chi connectivity index (χ3v) is 2.14. The summed E-state index contributed by atoms with van der Waals surface area (Å²) in [6.45, 7) is 1.93. The normalized spacial score (nSPS) is 9.58. The fourth-order valence-corrected chi connectivity index (χ4v) is 1.81. The molecule has 0 saturated heterocycles. The number of aldehydes is 1. The SMILES string of the molecule is COc1c(Br)cc(C)cc1C=O. The van der Waals surface area contributed by atoms with Crippen LogP contribution in [0.25, 0.3) is 0 Å². The van der Waals surface area contributed by atoms with Gasteiger partial charge in [-0.2, -0.15) is 0 Å². The molecule has 0 aliphatic carbocycles. The van der Waals surface area contributed by atoms with Crippen LogP contribution in [0.4, 0.5) is 0 Å². The number of carbonyl (C=O) groups excluding carboxylic acids is 1. The van der Waals surface area contributed by atoms with E-state index in [0.717, 1.165) is 16.3 Å². The predicted molar refractivity (Wildman–Crippen MR) is 50.8 cm³/mol. The molecule has 0 aliphatic heterocycles. The number of ether oxygens (including phenoxy) is 1. The molecule has 0 spiro atoms. The average molecular weight is 229 g/mol. The maximum Gasteiger partial charge on any atom is 0.153 e. The van der Waals surface area contributed by atoms with Crippen LogP contribution >= 0.6 is 15.9 Å². The van der Waals surface area contributed by atoms with E-state index in [4.69, 9.17) is 4.74 Å². The zero-order valence-electron chi connectivity index (χ0n) is 6.93. The van der Waals surface area contributed by atoms with Crippen LogP contribution in [0.15, 0.2) is 16.6 Å². The second kappa shape index (κ2) is 3.72. The average Bonchev–Trinajstić information content (AvgIpc) is 2.03. The fraction of sp³-hybridized carbons (Fsp3) is 0.222. The molecule has 0 atom stereocenters.